The van der Waals surface area contributed by atoms with E-state index in [1.165, 1.54) is 0 Å². The van der Waals surface area contributed by atoms with Crippen molar-refractivity contribution in [3.05, 3.63) is 52.0 Å². The molecule has 196 valence electrons. The highest BCUT2D eigenvalue weighted by molar-refractivity contribution is 7.99. The van der Waals surface area contributed by atoms with Crippen LogP contribution in [0, 0.1) is 12.8 Å². The second-order valence-corrected chi connectivity index (χ2v) is 11.4. The van der Waals surface area contributed by atoms with E-state index >= 15 is 0 Å². The van der Waals surface area contributed by atoms with E-state index in [0.717, 1.165) is 59.0 Å². The van der Waals surface area contributed by atoms with E-state index in [2.05, 4.69) is 44.1 Å². The van der Waals surface area contributed by atoms with Gasteiger partial charge in [-0.15, -0.1) is 11.8 Å². The Balaban J connectivity index is 1.41. The first kappa shape index (κ1) is 24.7. The van der Waals surface area contributed by atoms with E-state index in [0.29, 0.717) is 35.4 Å². The summed E-state index contributed by atoms with van der Waals surface area (Å²) in [6.45, 7) is 6.50. The van der Waals surface area contributed by atoms with Crippen molar-refractivity contribution >= 4 is 34.8 Å². The molecule has 0 spiro atoms. The molecule has 0 radical (unpaired) electrons. The molecule has 4 aromatic rings. The van der Waals surface area contributed by atoms with Crippen molar-refractivity contribution in [1.29, 1.82) is 0 Å². The van der Waals surface area contributed by atoms with Crippen LogP contribution in [0.1, 0.15) is 68.6 Å². The molecule has 3 N–H and O–H groups in total. The number of aromatic nitrogens is 7. The summed E-state index contributed by atoms with van der Waals surface area (Å²) in [7, 11) is 0. The molecule has 10 nitrogen and oxygen atoms in total. The maximum Gasteiger partial charge on any atom is 0.295 e. The lowest BCUT2D eigenvalue weighted by atomic mass is 10.1. The number of anilines is 2. The summed E-state index contributed by atoms with van der Waals surface area (Å²) >= 11 is 1.74. The molecule has 6 rings (SSSR count). The molecule has 0 unspecified atom stereocenters. The van der Waals surface area contributed by atoms with Crippen molar-refractivity contribution in [2.45, 2.75) is 69.9 Å². The summed E-state index contributed by atoms with van der Waals surface area (Å²) in [6.07, 6.45) is 7.89. The number of nitrogens with one attached hydrogen (secondary N) is 1. The average Bonchev–Trinajstić information content (AvgIpc) is 3.81. The minimum Gasteiger partial charge on any atom is -0.368 e. The monoisotopic (exact) mass is 529 g/mol. The minimum absolute atomic E-state index is 0.0201. The third kappa shape index (κ3) is 4.82. The van der Waals surface area contributed by atoms with Gasteiger partial charge in [-0.3, -0.25) is 14.3 Å². The summed E-state index contributed by atoms with van der Waals surface area (Å²) in [5.74, 6) is 2.31. The summed E-state index contributed by atoms with van der Waals surface area (Å²) in [5, 5.41) is 3.21. The molecule has 2 aliphatic rings. The Labute approximate surface area is 225 Å². The maximum atomic E-state index is 13.8. The molecule has 11 heteroatoms. The smallest absolute Gasteiger partial charge is 0.295 e. The first-order valence-electron chi connectivity index (χ1n) is 13.2. The summed E-state index contributed by atoms with van der Waals surface area (Å²) in [4.78, 5) is 42.6. The molecule has 0 amide bonds. The van der Waals surface area contributed by atoms with Gasteiger partial charge in [0.25, 0.3) is 5.56 Å². The third-order valence-electron chi connectivity index (χ3n) is 7.22. The Bertz CT molecular complexity index is 1560. The topological polar surface area (TPSA) is 137 Å². The van der Waals surface area contributed by atoms with Crippen molar-refractivity contribution in [2.24, 2.45) is 5.92 Å². The Morgan fingerprint density at radius 3 is 2.61 bits per heavy atom. The van der Waals surface area contributed by atoms with Crippen LogP contribution in [0.15, 0.2) is 34.2 Å². The largest absolute Gasteiger partial charge is 0.368 e. The zero-order chi connectivity index (χ0) is 26.4. The van der Waals surface area contributed by atoms with E-state index in [9.17, 15) is 4.79 Å². The van der Waals surface area contributed by atoms with Crippen LogP contribution in [0.4, 0.5) is 11.8 Å². The molecular formula is C27H31N9OS. The number of pyridine rings is 1. The van der Waals surface area contributed by atoms with Crippen LogP contribution in [-0.4, -0.2) is 40.2 Å². The lowest BCUT2D eigenvalue weighted by molar-refractivity contribution is 0.482. The van der Waals surface area contributed by atoms with Crippen LogP contribution in [0.5, 0.6) is 0 Å². The fourth-order valence-corrected chi connectivity index (χ4v) is 5.53. The molecular weight excluding hydrogens is 498 g/mol. The van der Waals surface area contributed by atoms with Crippen molar-refractivity contribution in [1.82, 2.24) is 34.5 Å². The number of nitrogens with zero attached hydrogens (tertiary/aromatic N) is 7. The van der Waals surface area contributed by atoms with Crippen LogP contribution in [0.3, 0.4) is 0 Å². The van der Waals surface area contributed by atoms with Gasteiger partial charge in [0.05, 0.1) is 35.5 Å². The average molecular weight is 530 g/mol. The second-order valence-electron chi connectivity index (χ2n) is 10.1. The summed E-state index contributed by atoms with van der Waals surface area (Å²) in [5.41, 5.74) is 10.7. The van der Waals surface area contributed by atoms with Gasteiger partial charge in [-0.1, -0.05) is 6.92 Å². The van der Waals surface area contributed by atoms with Gasteiger partial charge in [-0.2, -0.15) is 0 Å². The first-order valence-corrected chi connectivity index (χ1v) is 14.2. The number of thioether (sulfide) groups is 1. The fourth-order valence-electron chi connectivity index (χ4n) is 4.91. The van der Waals surface area contributed by atoms with E-state index in [4.69, 9.17) is 10.7 Å². The molecule has 2 fully saturated rings. The van der Waals surface area contributed by atoms with Gasteiger partial charge < -0.3 is 11.1 Å². The fraction of sp³-hybridized carbons (Fsp3) is 0.444. The lowest BCUT2D eigenvalue weighted by Crippen LogP contribution is -2.29. The Kier molecular flexibility index (Phi) is 6.46. The van der Waals surface area contributed by atoms with Crippen molar-refractivity contribution in [3.8, 4) is 11.3 Å². The number of hydrogen-bond donors (Lipinski definition) is 2. The number of hydrogen-bond acceptors (Lipinski definition) is 10. The molecule has 0 bridgehead atoms. The SMILES string of the molecule is CCSc1ccc(CNc2nc3ncc(-c4c(C)nc(N)nc4C4CC4)nc3n([C@@H](C)C3CC3)c2=O)nc1. The zero-order valence-electron chi connectivity index (χ0n) is 21.8. The highest BCUT2D eigenvalue weighted by Crippen LogP contribution is 2.44. The first-order chi connectivity index (χ1) is 18.4. The van der Waals surface area contributed by atoms with Crippen LogP contribution >= 0.6 is 11.8 Å². The predicted molar refractivity (Wildman–Crippen MR) is 149 cm³/mol. The summed E-state index contributed by atoms with van der Waals surface area (Å²) < 4.78 is 1.76. The lowest BCUT2D eigenvalue weighted by Gasteiger charge is -2.19. The molecule has 0 saturated heterocycles. The van der Waals surface area contributed by atoms with Crippen LogP contribution < -0.4 is 16.6 Å². The second kappa shape index (κ2) is 9.94. The third-order valence-corrected chi connectivity index (χ3v) is 8.08. The number of aryl methyl sites for hydroxylation is 1. The molecule has 0 aromatic carbocycles. The van der Waals surface area contributed by atoms with E-state index < -0.39 is 0 Å². The number of nitrogen functional groups attached to an aromatic ring is 1. The zero-order valence-corrected chi connectivity index (χ0v) is 22.6. The van der Waals surface area contributed by atoms with E-state index in [1.54, 1.807) is 22.5 Å². The Hall–Kier alpha value is -3.60. The van der Waals surface area contributed by atoms with E-state index in [-0.39, 0.29) is 23.4 Å². The van der Waals surface area contributed by atoms with Gasteiger partial charge in [0.15, 0.2) is 17.1 Å². The van der Waals surface area contributed by atoms with E-state index in [1.807, 2.05) is 25.3 Å². The standard InChI is InChI=1S/C27H31N9OS/c1-4-38-19-10-9-18(29-12-19)11-30-24-26(37)36(15(3)16-5-6-16)25-23(35-24)31-13-20(33-25)21-14(2)32-27(28)34-22(21)17-7-8-17/h9-10,12-13,15-17H,4-8,11H2,1-3H3,(H2,28,32,34)(H,30,31,35)/t15-/m0/s1. The molecule has 2 aliphatic carbocycles. The molecule has 1 atom stereocenters. The van der Waals surface area contributed by atoms with Crippen LogP contribution in [0.25, 0.3) is 22.6 Å². The molecule has 2 saturated carbocycles. The highest BCUT2D eigenvalue weighted by Gasteiger charge is 2.33. The predicted octanol–water partition coefficient (Wildman–Crippen LogP) is 4.50. The van der Waals surface area contributed by atoms with Gasteiger partial charge in [-0.05, 0) is 63.3 Å². The van der Waals surface area contributed by atoms with Gasteiger partial charge in [0.2, 0.25) is 5.95 Å². The number of rotatable bonds is 9. The number of nitrogens with two attached hydrogens (primary N) is 1. The normalized spacial score (nSPS) is 16.1. The van der Waals surface area contributed by atoms with Gasteiger partial charge >= 0.3 is 0 Å². The van der Waals surface area contributed by atoms with Gasteiger partial charge in [0.1, 0.15) is 0 Å². The molecule has 38 heavy (non-hydrogen) atoms. The molecule has 4 aromatic heterocycles. The van der Waals surface area contributed by atoms with Crippen LogP contribution in [-0.2, 0) is 6.54 Å². The summed E-state index contributed by atoms with van der Waals surface area (Å²) in [6, 6.07) is 4.00. The highest BCUT2D eigenvalue weighted by atomic mass is 32.2. The Morgan fingerprint density at radius 1 is 1.11 bits per heavy atom. The Morgan fingerprint density at radius 2 is 1.92 bits per heavy atom. The van der Waals surface area contributed by atoms with Crippen molar-refractivity contribution in [3.63, 3.8) is 0 Å². The molecule has 4 heterocycles. The van der Waals surface area contributed by atoms with Crippen LogP contribution in [0.2, 0.25) is 0 Å². The van der Waals surface area contributed by atoms with Gasteiger partial charge in [0, 0.05) is 28.6 Å². The van der Waals surface area contributed by atoms with Crippen molar-refractivity contribution < 1.29 is 0 Å². The number of fused-ring (bicyclic) bond motifs is 1. The maximum absolute atomic E-state index is 13.8. The molecule has 0 aliphatic heterocycles. The van der Waals surface area contributed by atoms with Gasteiger partial charge in [-0.25, -0.2) is 24.9 Å². The van der Waals surface area contributed by atoms with Crippen molar-refractivity contribution in [2.75, 3.05) is 16.8 Å². The minimum atomic E-state index is -0.200. The quantitative estimate of drug-likeness (QED) is 0.298.